The van der Waals surface area contributed by atoms with Crippen molar-refractivity contribution in [2.24, 2.45) is 0 Å². The standard InChI is InChI=1S/C14H20N4O2/c19-7-2-6-18-10-11(16-17-18)9-15-13-3-1-4-14-12(13)5-8-20-14/h5,8,10,13,15,19H,1-4,6-7,9H2. The molecule has 0 aliphatic heterocycles. The minimum atomic E-state index is 0.179. The Kier molecular flexibility index (Phi) is 4.13. The molecule has 0 saturated carbocycles. The molecule has 2 N–H and O–H groups in total. The Labute approximate surface area is 117 Å². The Morgan fingerprint density at radius 3 is 3.35 bits per heavy atom. The summed E-state index contributed by atoms with van der Waals surface area (Å²) in [5.74, 6) is 1.11. The van der Waals surface area contributed by atoms with Crippen molar-refractivity contribution in [3.8, 4) is 0 Å². The van der Waals surface area contributed by atoms with Crippen molar-refractivity contribution in [2.45, 2.75) is 44.8 Å². The normalized spacial score (nSPS) is 18.1. The van der Waals surface area contributed by atoms with E-state index in [1.54, 1.807) is 10.9 Å². The van der Waals surface area contributed by atoms with E-state index in [0.29, 0.717) is 25.6 Å². The number of furan rings is 1. The molecule has 2 aromatic rings. The van der Waals surface area contributed by atoms with E-state index in [2.05, 4.69) is 21.7 Å². The maximum absolute atomic E-state index is 8.80. The minimum Gasteiger partial charge on any atom is -0.469 e. The van der Waals surface area contributed by atoms with Gasteiger partial charge in [0.25, 0.3) is 0 Å². The van der Waals surface area contributed by atoms with Crippen molar-refractivity contribution in [3.63, 3.8) is 0 Å². The lowest BCUT2D eigenvalue weighted by Gasteiger charge is -2.22. The topological polar surface area (TPSA) is 76.1 Å². The van der Waals surface area contributed by atoms with Gasteiger partial charge in [0.2, 0.25) is 0 Å². The Morgan fingerprint density at radius 2 is 2.45 bits per heavy atom. The molecular weight excluding hydrogens is 256 g/mol. The zero-order chi connectivity index (χ0) is 13.8. The summed E-state index contributed by atoms with van der Waals surface area (Å²) in [4.78, 5) is 0. The summed E-state index contributed by atoms with van der Waals surface area (Å²) in [6, 6.07) is 2.41. The van der Waals surface area contributed by atoms with E-state index in [-0.39, 0.29) is 6.61 Å². The van der Waals surface area contributed by atoms with Gasteiger partial charge in [-0.3, -0.25) is 4.68 Å². The molecule has 6 nitrogen and oxygen atoms in total. The van der Waals surface area contributed by atoms with E-state index in [1.165, 1.54) is 5.56 Å². The summed E-state index contributed by atoms with van der Waals surface area (Å²) in [6.07, 6.45) is 7.74. The molecule has 6 heteroatoms. The van der Waals surface area contributed by atoms with Gasteiger partial charge in [0.15, 0.2) is 0 Å². The maximum atomic E-state index is 8.80. The van der Waals surface area contributed by atoms with Gasteiger partial charge in [0.1, 0.15) is 5.76 Å². The van der Waals surface area contributed by atoms with Gasteiger partial charge in [-0.25, -0.2) is 0 Å². The van der Waals surface area contributed by atoms with Crippen LogP contribution in [0.2, 0.25) is 0 Å². The number of fused-ring (bicyclic) bond motifs is 1. The highest BCUT2D eigenvalue weighted by atomic mass is 16.3. The average molecular weight is 276 g/mol. The zero-order valence-electron chi connectivity index (χ0n) is 11.5. The van der Waals surface area contributed by atoms with Gasteiger partial charge in [-0.05, 0) is 25.3 Å². The number of aliphatic hydroxyl groups excluding tert-OH is 1. The van der Waals surface area contributed by atoms with Crippen LogP contribution in [0.1, 0.15) is 42.3 Å². The second-order valence-electron chi connectivity index (χ2n) is 5.17. The lowest BCUT2D eigenvalue weighted by Crippen LogP contribution is -2.24. The van der Waals surface area contributed by atoms with Crippen LogP contribution in [0.5, 0.6) is 0 Å². The number of rotatable bonds is 6. The molecule has 3 rings (SSSR count). The van der Waals surface area contributed by atoms with Crippen molar-refractivity contribution in [1.82, 2.24) is 20.3 Å². The summed E-state index contributed by atoms with van der Waals surface area (Å²) < 4.78 is 7.27. The van der Waals surface area contributed by atoms with Gasteiger partial charge in [0, 0.05) is 43.9 Å². The molecule has 0 bridgehead atoms. The SMILES string of the molecule is OCCCn1cc(CNC2CCCc3occc32)nn1. The van der Waals surface area contributed by atoms with Crippen LogP contribution in [-0.2, 0) is 19.5 Å². The number of aryl methyl sites for hydroxylation is 2. The lowest BCUT2D eigenvalue weighted by atomic mass is 9.93. The van der Waals surface area contributed by atoms with Crippen molar-refractivity contribution in [1.29, 1.82) is 0 Å². The lowest BCUT2D eigenvalue weighted by molar-refractivity contribution is 0.276. The maximum Gasteiger partial charge on any atom is 0.108 e. The van der Waals surface area contributed by atoms with E-state index in [4.69, 9.17) is 9.52 Å². The summed E-state index contributed by atoms with van der Waals surface area (Å²) in [5.41, 5.74) is 2.21. The van der Waals surface area contributed by atoms with Gasteiger partial charge in [0.05, 0.1) is 12.0 Å². The van der Waals surface area contributed by atoms with Gasteiger partial charge in [-0.2, -0.15) is 0 Å². The van der Waals surface area contributed by atoms with Crippen molar-refractivity contribution in [2.75, 3.05) is 6.61 Å². The molecule has 1 aliphatic rings. The number of aliphatic hydroxyl groups is 1. The summed E-state index contributed by atoms with van der Waals surface area (Å²) in [5, 5.41) is 20.5. The van der Waals surface area contributed by atoms with Crippen molar-refractivity contribution < 1.29 is 9.52 Å². The second kappa shape index (κ2) is 6.19. The fourth-order valence-electron chi connectivity index (χ4n) is 2.69. The smallest absolute Gasteiger partial charge is 0.108 e. The van der Waals surface area contributed by atoms with Crippen molar-refractivity contribution in [3.05, 3.63) is 35.5 Å². The van der Waals surface area contributed by atoms with Crippen LogP contribution in [0.3, 0.4) is 0 Å². The molecule has 1 aliphatic carbocycles. The molecule has 2 heterocycles. The Balaban J connectivity index is 1.56. The zero-order valence-corrected chi connectivity index (χ0v) is 11.5. The molecule has 0 amide bonds. The number of nitrogens with zero attached hydrogens (tertiary/aromatic N) is 3. The van der Waals surface area contributed by atoms with Crippen LogP contribution in [0.4, 0.5) is 0 Å². The summed E-state index contributed by atoms with van der Waals surface area (Å²) in [6.45, 7) is 1.59. The highest BCUT2D eigenvalue weighted by Gasteiger charge is 2.22. The second-order valence-corrected chi connectivity index (χ2v) is 5.17. The quantitative estimate of drug-likeness (QED) is 0.834. The third kappa shape index (κ3) is 2.91. The van der Waals surface area contributed by atoms with Crippen molar-refractivity contribution >= 4 is 0 Å². The van der Waals surface area contributed by atoms with Gasteiger partial charge in [-0.15, -0.1) is 5.10 Å². The Morgan fingerprint density at radius 1 is 1.50 bits per heavy atom. The van der Waals surface area contributed by atoms with E-state index < -0.39 is 0 Å². The molecule has 1 atom stereocenters. The highest BCUT2D eigenvalue weighted by Crippen LogP contribution is 2.30. The minimum absolute atomic E-state index is 0.179. The molecule has 0 aromatic carbocycles. The van der Waals surface area contributed by atoms with E-state index in [9.17, 15) is 0 Å². The van der Waals surface area contributed by atoms with Crippen LogP contribution in [0.15, 0.2) is 22.9 Å². The fourth-order valence-corrected chi connectivity index (χ4v) is 2.69. The number of nitrogens with one attached hydrogen (secondary N) is 1. The van der Waals surface area contributed by atoms with Gasteiger partial charge in [-0.1, -0.05) is 5.21 Å². The first-order valence-corrected chi connectivity index (χ1v) is 7.16. The number of hydrogen-bond donors (Lipinski definition) is 2. The highest BCUT2D eigenvalue weighted by molar-refractivity contribution is 5.24. The molecule has 108 valence electrons. The van der Waals surface area contributed by atoms with Gasteiger partial charge < -0.3 is 14.8 Å². The molecule has 0 radical (unpaired) electrons. The third-order valence-corrected chi connectivity index (χ3v) is 3.71. The molecule has 2 aromatic heterocycles. The number of hydrogen-bond acceptors (Lipinski definition) is 5. The van der Waals surface area contributed by atoms with Crippen LogP contribution in [0.25, 0.3) is 0 Å². The monoisotopic (exact) mass is 276 g/mol. The average Bonchev–Trinajstić information content (AvgIpc) is 3.11. The molecule has 0 spiro atoms. The fraction of sp³-hybridized carbons (Fsp3) is 0.571. The van der Waals surface area contributed by atoms with Crippen LogP contribution >= 0.6 is 0 Å². The van der Waals surface area contributed by atoms with Crippen LogP contribution in [-0.4, -0.2) is 26.7 Å². The first kappa shape index (κ1) is 13.3. The Hall–Kier alpha value is -1.66. The van der Waals surface area contributed by atoms with Gasteiger partial charge >= 0.3 is 0 Å². The van der Waals surface area contributed by atoms with Crippen LogP contribution < -0.4 is 5.32 Å². The third-order valence-electron chi connectivity index (χ3n) is 3.71. The first-order valence-electron chi connectivity index (χ1n) is 7.16. The van der Waals surface area contributed by atoms with E-state index in [0.717, 1.165) is 30.7 Å². The molecule has 1 unspecified atom stereocenters. The predicted molar refractivity (Wildman–Crippen MR) is 73.0 cm³/mol. The molecule has 20 heavy (non-hydrogen) atoms. The summed E-state index contributed by atoms with van der Waals surface area (Å²) in [7, 11) is 0. The molecule has 0 fully saturated rings. The van der Waals surface area contributed by atoms with Crippen LogP contribution in [0, 0.1) is 0 Å². The predicted octanol–water partition coefficient (Wildman–Crippen LogP) is 1.42. The Bertz CT molecular complexity index is 549. The largest absolute Gasteiger partial charge is 0.469 e. The summed E-state index contributed by atoms with van der Waals surface area (Å²) >= 11 is 0. The van der Waals surface area contributed by atoms with E-state index in [1.807, 2.05) is 6.20 Å². The molecule has 0 saturated heterocycles. The number of aromatic nitrogens is 3. The first-order chi connectivity index (χ1) is 9.86. The molecular formula is C14H20N4O2. The van der Waals surface area contributed by atoms with E-state index >= 15 is 0 Å².